The fourth-order valence-corrected chi connectivity index (χ4v) is 2.60. The number of fused-ring (bicyclic) bond motifs is 1. The Labute approximate surface area is 69.4 Å². The third-order valence-corrected chi connectivity index (χ3v) is 3.74. The van der Waals surface area contributed by atoms with Gasteiger partial charge in [0.05, 0.1) is 0 Å². The van der Waals surface area contributed by atoms with Crippen molar-refractivity contribution < 1.29 is 0 Å². The van der Waals surface area contributed by atoms with Crippen molar-refractivity contribution in [2.24, 2.45) is 28.9 Å². The molecule has 0 radical (unpaired) electrons. The van der Waals surface area contributed by atoms with Gasteiger partial charge in [0.15, 0.2) is 0 Å². The predicted molar refractivity (Wildman–Crippen MR) is 47.1 cm³/mol. The topological polar surface area (TPSA) is 26.0 Å². The Morgan fingerprint density at radius 1 is 1.09 bits per heavy atom. The molecule has 0 aromatic heterocycles. The van der Waals surface area contributed by atoms with Gasteiger partial charge in [-0.25, -0.2) is 0 Å². The van der Waals surface area contributed by atoms with Crippen LogP contribution in [0.1, 0.15) is 33.6 Å². The third kappa shape index (κ3) is 1.10. The standard InChI is InChI=1S/C10H19N/c1-10(2,3)6-4-7-8(5-6)9(7)11/h6-9H,4-5,11H2,1-3H3. The van der Waals surface area contributed by atoms with Crippen molar-refractivity contribution in [1.29, 1.82) is 0 Å². The van der Waals surface area contributed by atoms with Crippen LogP contribution in [0.4, 0.5) is 0 Å². The Bertz CT molecular complexity index is 156. The Morgan fingerprint density at radius 3 is 1.91 bits per heavy atom. The van der Waals surface area contributed by atoms with Crippen molar-refractivity contribution in [3.05, 3.63) is 0 Å². The van der Waals surface area contributed by atoms with Crippen LogP contribution in [0.2, 0.25) is 0 Å². The predicted octanol–water partition coefficient (Wildman–Crippen LogP) is 2.02. The molecule has 0 aromatic carbocycles. The van der Waals surface area contributed by atoms with Gasteiger partial charge in [-0.1, -0.05) is 20.8 Å². The van der Waals surface area contributed by atoms with E-state index in [0.717, 1.165) is 17.8 Å². The molecule has 2 unspecified atom stereocenters. The maximum Gasteiger partial charge on any atom is 0.0102 e. The Kier molecular flexibility index (Phi) is 1.39. The minimum atomic E-state index is 0.521. The van der Waals surface area contributed by atoms with Crippen LogP contribution in [0, 0.1) is 23.2 Å². The highest BCUT2D eigenvalue weighted by atomic mass is 14.8. The molecule has 2 fully saturated rings. The summed E-state index contributed by atoms with van der Waals surface area (Å²) in [7, 11) is 0. The summed E-state index contributed by atoms with van der Waals surface area (Å²) in [6.45, 7) is 7.07. The first-order valence-electron chi connectivity index (χ1n) is 4.76. The van der Waals surface area contributed by atoms with E-state index >= 15 is 0 Å². The van der Waals surface area contributed by atoms with E-state index in [4.69, 9.17) is 5.73 Å². The van der Waals surface area contributed by atoms with Gasteiger partial charge in [-0.05, 0) is 36.0 Å². The molecule has 0 amide bonds. The number of hydrogen-bond donors (Lipinski definition) is 1. The van der Waals surface area contributed by atoms with Gasteiger partial charge in [-0.15, -0.1) is 0 Å². The van der Waals surface area contributed by atoms with Crippen LogP contribution in [0.5, 0.6) is 0 Å². The summed E-state index contributed by atoms with van der Waals surface area (Å²) in [4.78, 5) is 0. The molecule has 0 aromatic rings. The number of nitrogens with two attached hydrogens (primary N) is 1. The second-order valence-corrected chi connectivity index (χ2v) is 5.44. The summed E-state index contributed by atoms with van der Waals surface area (Å²) < 4.78 is 0. The van der Waals surface area contributed by atoms with Gasteiger partial charge in [0, 0.05) is 6.04 Å². The molecule has 0 bridgehead atoms. The quantitative estimate of drug-likeness (QED) is 0.566. The maximum absolute atomic E-state index is 5.88. The first-order valence-corrected chi connectivity index (χ1v) is 4.76. The Hall–Kier alpha value is -0.0400. The molecule has 2 aliphatic rings. The Balaban J connectivity index is 1.95. The lowest BCUT2D eigenvalue weighted by molar-refractivity contribution is 0.224. The van der Waals surface area contributed by atoms with Gasteiger partial charge >= 0.3 is 0 Å². The molecule has 2 aliphatic carbocycles. The lowest BCUT2D eigenvalue weighted by Crippen LogP contribution is -2.22. The van der Waals surface area contributed by atoms with Gasteiger partial charge in [0.1, 0.15) is 0 Å². The molecule has 2 rings (SSSR count). The molecule has 11 heavy (non-hydrogen) atoms. The van der Waals surface area contributed by atoms with Crippen LogP contribution in [-0.4, -0.2) is 6.04 Å². The lowest BCUT2D eigenvalue weighted by atomic mass is 9.78. The highest BCUT2D eigenvalue weighted by molar-refractivity contribution is 5.08. The van der Waals surface area contributed by atoms with Crippen LogP contribution >= 0.6 is 0 Å². The molecule has 2 atom stereocenters. The minimum absolute atomic E-state index is 0.521. The zero-order chi connectivity index (χ0) is 8.22. The second-order valence-electron chi connectivity index (χ2n) is 5.44. The summed E-state index contributed by atoms with van der Waals surface area (Å²) >= 11 is 0. The van der Waals surface area contributed by atoms with Crippen LogP contribution in [0.3, 0.4) is 0 Å². The Morgan fingerprint density at radius 2 is 1.55 bits per heavy atom. The SMILES string of the molecule is CC(C)(C)C1CC2C(N)C2C1. The van der Waals surface area contributed by atoms with Crippen molar-refractivity contribution in [1.82, 2.24) is 0 Å². The normalized spacial score (nSPS) is 49.1. The monoisotopic (exact) mass is 153 g/mol. The van der Waals surface area contributed by atoms with Crippen molar-refractivity contribution >= 4 is 0 Å². The molecule has 0 spiro atoms. The van der Waals surface area contributed by atoms with E-state index in [1.807, 2.05) is 0 Å². The van der Waals surface area contributed by atoms with E-state index in [9.17, 15) is 0 Å². The fraction of sp³-hybridized carbons (Fsp3) is 1.00. The van der Waals surface area contributed by atoms with Crippen LogP contribution < -0.4 is 5.73 Å². The average Bonchev–Trinajstić information content (AvgIpc) is 2.39. The van der Waals surface area contributed by atoms with Gasteiger partial charge in [0.2, 0.25) is 0 Å². The first-order chi connectivity index (χ1) is 5.00. The largest absolute Gasteiger partial charge is 0.327 e. The van der Waals surface area contributed by atoms with Gasteiger partial charge in [-0.3, -0.25) is 0 Å². The molecule has 64 valence electrons. The maximum atomic E-state index is 5.88. The van der Waals surface area contributed by atoms with Crippen LogP contribution in [0.25, 0.3) is 0 Å². The zero-order valence-corrected chi connectivity index (χ0v) is 7.80. The molecule has 2 saturated carbocycles. The van der Waals surface area contributed by atoms with E-state index in [-0.39, 0.29) is 0 Å². The number of hydrogen-bond acceptors (Lipinski definition) is 1. The van der Waals surface area contributed by atoms with E-state index in [1.54, 1.807) is 0 Å². The van der Waals surface area contributed by atoms with Crippen molar-refractivity contribution in [2.45, 2.75) is 39.7 Å². The molecule has 0 heterocycles. The fourth-order valence-electron chi connectivity index (χ4n) is 2.60. The summed E-state index contributed by atoms with van der Waals surface area (Å²) in [5, 5.41) is 0. The molecular formula is C10H19N. The minimum Gasteiger partial charge on any atom is -0.327 e. The second kappa shape index (κ2) is 2.01. The van der Waals surface area contributed by atoms with Gasteiger partial charge in [-0.2, -0.15) is 0 Å². The van der Waals surface area contributed by atoms with Crippen LogP contribution in [-0.2, 0) is 0 Å². The van der Waals surface area contributed by atoms with Gasteiger partial charge in [0.25, 0.3) is 0 Å². The van der Waals surface area contributed by atoms with E-state index in [0.29, 0.717) is 11.5 Å². The lowest BCUT2D eigenvalue weighted by Gasteiger charge is -2.28. The molecule has 0 aliphatic heterocycles. The summed E-state index contributed by atoms with van der Waals surface area (Å²) in [5.41, 5.74) is 6.40. The van der Waals surface area contributed by atoms with Crippen LogP contribution in [0.15, 0.2) is 0 Å². The molecule has 1 heteroatoms. The third-order valence-electron chi connectivity index (χ3n) is 3.74. The summed E-state index contributed by atoms with van der Waals surface area (Å²) in [6.07, 6.45) is 2.80. The van der Waals surface area contributed by atoms with E-state index in [1.165, 1.54) is 12.8 Å². The van der Waals surface area contributed by atoms with Gasteiger partial charge < -0.3 is 5.73 Å². The zero-order valence-electron chi connectivity index (χ0n) is 7.80. The number of rotatable bonds is 0. The first kappa shape index (κ1) is 7.60. The van der Waals surface area contributed by atoms with E-state index < -0.39 is 0 Å². The molecule has 0 saturated heterocycles. The molecule has 1 nitrogen and oxygen atoms in total. The van der Waals surface area contributed by atoms with E-state index in [2.05, 4.69) is 20.8 Å². The summed E-state index contributed by atoms with van der Waals surface area (Å²) in [6, 6.07) is 0.577. The summed E-state index contributed by atoms with van der Waals surface area (Å²) in [5.74, 6) is 2.75. The molecular weight excluding hydrogens is 134 g/mol. The average molecular weight is 153 g/mol. The smallest absolute Gasteiger partial charge is 0.0102 e. The van der Waals surface area contributed by atoms with Crippen molar-refractivity contribution in [3.8, 4) is 0 Å². The van der Waals surface area contributed by atoms with Crippen molar-refractivity contribution in [3.63, 3.8) is 0 Å². The van der Waals surface area contributed by atoms with Crippen molar-refractivity contribution in [2.75, 3.05) is 0 Å². The molecule has 2 N–H and O–H groups in total. The highest BCUT2D eigenvalue weighted by Gasteiger charge is 2.55. The highest BCUT2D eigenvalue weighted by Crippen LogP contribution is 2.57.